The van der Waals surface area contributed by atoms with Gasteiger partial charge in [0.05, 0.1) is 11.1 Å². The lowest BCUT2D eigenvalue weighted by Gasteiger charge is -2.08. The van der Waals surface area contributed by atoms with E-state index in [1.165, 1.54) is 0 Å². The van der Waals surface area contributed by atoms with Gasteiger partial charge in [-0.05, 0) is 18.2 Å². The Labute approximate surface area is 109 Å². The maximum absolute atomic E-state index is 12.0. The van der Waals surface area contributed by atoms with E-state index in [0.29, 0.717) is 22.2 Å². The van der Waals surface area contributed by atoms with Gasteiger partial charge in [0, 0.05) is 16.6 Å². The summed E-state index contributed by atoms with van der Waals surface area (Å²) in [5.74, 6) is 0.0694. The molecular formula is C15H12N2O2. The van der Waals surface area contributed by atoms with Crippen LogP contribution in [-0.4, -0.2) is 10.1 Å². The molecule has 0 saturated heterocycles. The van der Waals surface area contributed by atoms with Crippen molar-refractivity contribution in [2.75, 3.05) is 5.73 Å². The van der Waals surface area contributed by atoms with Gasteiger partial charge in [-0.2, -0.15) is 0 Å². The van der Waals surface area contributed by atoms with Crippen molar-refractivity contribution in [2.24, 2.45) is 0 Å². The summed E-state index contributed by atoms with van der Waals surface area (Å²) in [7, 11) is 0. The quantitative estimate of drug-likeness (QED) is 0.582. The van der Waals surface area contributed by atoms with E-state index in [9.17, 15) is 9.90 Å². The summed E-state index contributed by atoms with van der Waals surface area (Å²) in [4.78, 5) is 14.7. The Morgan fingerprint density at radius 1 is 0.947 bits per heavy atom. The highest BCUT2D eigenvalue weighted by molar-refractivity contribution is 5.92. The van der Waals surface area contributed by atoms with Gasteiger partial charge >= 0.3 is 0 Å². The number of hydrogen-bond donors (Lipinski definition) is 3. The Balaban J connectivity index is 2.33. The van der Waals surface area contributed by atoms with Crippen LogP contribution < -0.4 is 11.3 Å². The van der Waals surface area contributed by atoms with Gasteiger partial charge in [-0.3, -0.25) is 4.79 Å². The SMILES string of the molecule is Nc1ccc(-c2[nH]c(=O)c3ccccc3c2O)cc1. The minimum atomic E-state index is -0.222. The smallest absolute Gasteiger partial charge is 0.256 e. The zero-order chi connectivity index (χ0) is 13.4. The molecule has 0 aliphatic rings. The van der Waals surface area contributed by atoms with Gasteiger partial charge in [0.2, 0.25) is 0 Å². The van der Waals surface area contributed by atoms with Crippen molar-refractivity contribution in [2.45, 2.75) is 0 Å². The van der Waals surface area contributed by atoms with Gasteiger partial charge in [-0.15, -0.1) is 0 Å². The van der Waals surface area contributed by atoms with E-state index in [-0.39, 0.29) is 11.3 Å². The molecule has 1 heterocycles. The number of nitrogens with one attached hydrogen (secondary N) is 1. The average Bonchev–Trinajstić information content (AvgIpc) is 2.44. The minimum Gasteiger partial charge on any atom is -0.505 e. The first kappa shape index (κ1) is 11.3. The first-order valence-corrected chi connectivity index (χ1v) is 5.87. The third-order valence-electron chi connectivity index (χ3n) is 3.10. The van der Waals surface area contributed by atoms with Gasteiger partial charge in [0.25, 0.3) is 5.56 Å². The summed E-state index contributed by atoms with van der Waals surface area (Å²) in [6.07, 6.45) is 0. The van der Waals surface area contributed by atoms with Crippen molar-refractivity contribution in [3.8, 4) is 17.0 Å². The molecule has 0 unspecified atom stereocenters. The fourth-order valence-electron chi connectivity index (χ4n) is 2.12. The highest BCUT2D eigenvalue weighted by Gasteiger charge is 2.11. The average molecular weight is 252 g/mol. The first-order valence-electron chi connectivity index (χ1n) is 5.87. The molecular weight excluding hydrogens is 240 g/mol. The van der Waals surface area contributed by atoms with Crippen molar-refractivity contribution in [3.63, 3.8) is 0 Å². The normalized spacial score (nSPS) is 10.7. The number of aromatic nitrogens is 1. The maximum atomic E-state index is 12.0. The number of hydrogen-bond acceptors (Lipinski definition) is 3. The van der Waals surface area contributed by atoms with Gasteiger partial charge < -0.3 is 15.8 Å². The van der Waals surface area contributed by atoms with Crippen molar-refractivity contribution < 1.29 is 5.11 Å². The summed E-state index contributed by atoms with van der Waals surface area (Å²) in [5.41, 5.74) is 7.16. The zero-order valence-corrected chi connectivity index (χ0v) is 10.1. The highest BCUT2D eigenvalue weighted by atomic mass is 16.3. The van der Waals surface area contributed by atoms with Crippen LogP contribution in [0, 0.1) is 0 Å². The number of aromatic hydroxyl groups is 1. The molecule has 0 fully saturated rings. The second-order valence-electron chi connectivity index (χ2n) is 4.35. The van der Waals surface area contributed by atoms with Crippen LogP contribution in [-0.2, 0) is 0 Å². The number of nitrogens with two attached hydrogens (primary N) is 1. The topological polar surface area (TPSA) is 79.1 Å². The van der Waals surface area contributed by atoms with E-state index >= 15 is 0 Å². The van der Waals surface area contributed by atoms with Gasteiger partial charge in [-0.25, -0.2) is 0 Å². The van der Waals surface area contributed by atoms with E-state index in [0.717, 1.165) is 5.56 Å². The van der Waals surface area contributed by atoms with Crippen LogP contribution in [0.15, 0.2) is 53.3 Å². The first-order chi connectivity index (χ1) is 9.16. The van der Waals surface area contributed by atoms with E-state index in [4.69, 9.17) is 5.73 Å². The Morgan fingerprint density at radius 2 is 1.58 bits per heavy atom. The van der Waals surface area contributed by atoms with Gasteiger partial charge in [-0.1, -0.05) is 30.3 Å². The number of rotatable bonds is 1. The third-order valence-corrected chi connectivity index (χ3v) is 3.10. The number of pyridine rings is 1. The monoisotopic (exact) mass is 252 g/mol. The Hall–Kier alpha value is -2.75. The predicted octanol–water partition coefficient (Wildman–Crippen LogP) is 2.48. The molecule has 0 atom stereocenters. The number of nitrogen functional groups attached to an aromatic ring is 1. The molecule has 0 radical (unpaired) electrons. The molecule has 0 amide bonds. The molecule has 4 N–H and O–H groups in total. The fraction of sp³-hybridized carbons (Fsp3) is 0. The largest absolute Gasteiger partial charge is 0.505 e. The minimum absolute atomic E-state index is 0.0694. The molecule has 2 aromatic carbocycles. The van der Waals surface area contributed by atoms with Crippen LogP contribution in [0.3, 0.4) is 0 Å². The molecule has 0 spiro atoms. The van der Waals surface area contributed by atoms with Crippen LogP contribution in [0.4, 0.5) is 5.69 Å². The molecule has 3 aromatic rings. The lowest BCUT2D eigenvalue weighted by atomic mass is 10.1. The third kappa shape index (κ3) is 1.83. The van der Waals surface area contributed by atoms with Crippen molar-refractivity contribution in [3.05, 3.63) is 58.9 Å². The molecule has 94 valence electrons. The summed E-state index contributed by atoms with van der Waals surface area (Å²) in [5, 5.41) is 11.3. The van der Waals surface area contributed by atoms with Gasteiger partial charge in [0.15, 0.2) is 0 Å². The highest BCUT2D eigenvalue weighted by Crippen LogP contribution is 2.32. The molecule has 0 aliphatic heterocycles. The number of aromatic amines is 1. The van der Waals surface area contributed by atoms with E-state index in [1.807, 2.05) is 0 Å². The van der Waals surface area contributed by atoms with Crippen molar-refractivity contribution >= 4 is 16.5 Å². The van der Waals surface area contributed by atoms with Crippen LogP contribution in [0.1, 0.15) is 0 Å². The Bertz CT molecular complexity index is 804. The molecule has 3 rings (SSSR count). The van der Waals surface area contributed by atoms with Crippen molar-refractivity contribution in [1.82, 2.24) is 4.98 Å². The Kier molecular flexibility index (Phi) is 2.49. The van der Waals surface area contributed by atoms with E-state index in [1.54, 1.807) is 48.5 Å². The molecule has 19 heavy (non-hydrogen) atoms. The second kappa shape index (κ2) is 4.17. The number of H-pyrrole nitrogens is 1. The standard InChI is InChI=1S/C15H12N2O2/c16-10-7-5-9(6-8-10)13-14(18)11-3-1-2-4-12(11)15(19)17-13/h1-8,18H,16H2,(H,17,19). The molecule has 1 aromatic heterocycles. The fourth-order valence-corrected chi connectivity index (χ4v) is 2.12. The number of benzene rings is 2. The van der Waals surface area contributed by atoms with Crippen LogP contribution in [0.2, 0.25) is 0 Å². The number of anilines is 1. The van der Waals surface area contributed by atoms with Crippen LogP contribution >= 0.6 is 0 Å². The Morgan fingerprint density at radius 3 is 2.26 bits per heavy atom. The number of fused-ring (bicyclic) bond motifs is 1. The molecule has 4 nitrogen and oxygen atoms in total. The zero-order valence-electron chi connectivity index (χ0n) is 10.1. The van der Waals surface area contributed by atoms with E-state index in [2.05, 4.69) is 4.98 Å². The maximum Gasteiger partial charge on any atom is 0.256 e. The summed E-state index contributed by atoms with van der Waals surface area (Å²) >= 11 is 0. The predicted molar refractivity (Wildman–Crippen MR) is 76.1 cm³/mol. The van der Waals surface area contributed by atoms with Crippen molar-refractivity contribution in [1.29, 1.82) is 0 Å². The molecule has 0 bridgehead atoms. The lowest BCUT2D eigenvalue weighted by Crippen LogP contribution is -2.07. The van der Waals surface area contributed by atoms with Gasteiger partial charge in [0.1, 0.15) is 5.75 Å². The summed E-state index contributed by atoms with van der Waals surface area (Å²) in [6.45, 7) is 0. The van der Waals surface area contributed by atoms with Crippen LogP contribution in [0.5, 0.6) is 5.75 Å². The van der Waals surface area contributed by atoms with Crippen LogP contribution in [0.25, 0.3) is 22.0 Å². The summed E-state index contributed by atoms with van der Waals surface area (Å²) < 4.78 is 0. The molecule has 0 aliphatic carbocycles. The summed E-state index contributed by atoms with van der Waals surface area (Å²) in [6, 6.07) is 13.9. The molecule has 0 saturated carbocycles. The second-order valence-corrected chi connectivity index (χ2v) is 4.35. The molecule has 4 heteroatoms. The van der Waals surface area contributed by atoms with E-state index < -0.39 is 0 Å². The lowest BCUT2D eigenvalue weighted by molar-refractivity contribution is 0.481.